The number of piperazine rings is 1. The van der Waals surface area contributed by atoms with Crippen LogP contribution in [0.25, 0.3) is 0 Å². The first-order valence-electron chi connectivity index (χ1n) is 6.77. The highest BCUT2D eigenvalue weighted by Gasteiger charge is 2.34. The Morgan fingerprint density at radius 3 is 2.67 bits per heavy atom. The molecule has 2 atom stereocenters. The van der Waals surface area contributed by atoms with Crippen LogP contribution in [0.4, 0.5) is 0 Å². The van der Waals surface area contributed by atoms with Crippen LogP contribution in [0.3, 0.4) is 0 Å². The van der Waals surface area contributed by atoms with Gasteiger partial charge in [-0.05, 0) is 19.4 Å². The summed E-state index contributed by atoms with van der Waals surface area (Å²) in [5.41, 5.74) is 0. The molecule has 2 aliphatic heterocycles. The van der Waals surface area contributed by atoms with E-state index in [4.69, 9.17) is 9.47 Å². The van der Waals surface area contributed by atoms with E-state index in [-0.39, 0.29) is 11.9 Å². The summed E-state index contributed by atoms with van der Waals surface area (Å²) in [5.74, 6) is 0.224. The van der Waals surface area contributed by atoms with Crippen molar-refractivity contribution in [3.63, 3.8) is 0 Å². The summed E-state index contributed by atoms with van der Waals surface area (Å²) in [7, 11) is 3.62. The number of methoxy groups -OCH3 is 1. The molecule has 104 valence electrons. The molecule has 2 heterocycles. The quantitative estimate of drug-likeness (QED) is 0.665. The Morgan fingerprint density at radius 2 is 2.11 bits per heavy atom. The topological polar surface area (TPSA) is 42.0 Å². The van der Waals surface area contributed by atoms with Crippen LogP contribution >= 0.6 is 0 Å². The van der Waals surface area contributed by atoms with Gasteiger partial charge in [0.1, 0.15) is 0 Å². The molecule has 2 fully saturated rings. The molecule has 0 aromatic carbocycles. The molecule has 2 rings (SSSR count). The fourth-order valence-electron chi connectivity index (χ4n) is 2.75. The van der Waals surface area contributed by atoms with Gasteiger partial charge in [-0.3, -0.25) is 9.69 Å². The van der Waals surface area contributed by atoms with Crippen LogP contribution in [0.5, 0.6) is 0 Å². The van der Waals surface area contributed by atoms with Crippen molar-refractivity contribution in [2.75, 3.05) is 60.1 Å². The highest BCUT2D eigenvalue weighted by molar-refractivity contribution is 5.73. The zero-order valence-corrected chi connectivity index (χ0v) is 11.4. The van der Waals surface area contributed by atoms with Gasteiger partial charge in [-0.2, -0.15) is 0 Å². The van der Waals surface area contributed by atoms with Crippen LogP contribution in [0.15, 0.2) is 0 Å². The predicted molar refractivity (Wildman–Crippen MR) is 68.4 cm³/mol. The summed E-state index contributed by atoms with van der Waals surface area (Å²) >= 11 is 0. The lowest BCUT2D eigenvalue weighted by molar-refractivity contribution is -0.148. The second-order valence-electron chi connectivity index (χ2n) is 5.36. The van der Waals surface area contributed by atoms with E-state index >= 15 is 0 Å². The van der Waals surface area contributed by atoms with Gasteiger partial charge < -0.3 is 14.4 Å². The van der Waals surface area contributed by atoms with E-state index in [0.717, 1.165) is 45.8 Å². The normalized spacial score (nSPS) is 28.2. The number of nitrogens with zero attached hydrogens (tertiary/aromatic N) is 2. The molecule has 0 spiro atoms. The minimum absolute atomic E-state index is 0.0269. The Labute approximate surface area is 109 Å². The number of carbonyl (C=O) groups is 1. The summed E-state index contributed by atoms with van der Waals surface area (Å²) in [6.45, 7) is 6.53. The second kappa shape index (κ2) is 6.50. The molecule has 0 amide bonds. The van der Waals surface area contributed by atoms with Crippen molar-refractivity contribution >= 4 is 5.97 Å². The van der Waals surface area contributed by atoms with Crippen molar-refractivity contribution in [1.29, 1.82) is 0 Å². The van der Waals surface area contributed by atoms with E-state index in [2.05, 4.69) is 16.8 Å². The third-order valence-corrected chi connectivity index (χ3v) is 4.09. The first kappa shape index (κ1) is 13.8. The van der Waals surface area contributed by atoms with Crippen LogP contribution in [0.2, 0.25) is 0 Å². The zero-order valence-electron chi connectivity index (χ0n) is 11.4. The second-order valence-corrected chi connectivity index (χ2v) is 5.36. The van der Waals surface area contributed by atoms with Gasteiger partial charge in [-0.15, -0.1) is 0 Å². The fourth-order valence-corrected chi connectivity index (χ4v) is 2.75. The molecule has 2 unspecified atom stereocenters. The average Bonchev–Trinajstić information content (AvgIpc) is 2.91. The lowest BCUT2D eigenvalue weighted by Gasteiger charge is -2.35. The Bertz CT molecular complexity index is 271. The molecule has 0 aromatic rings. The Balaban J connectivity index is 1.90. The largest absolute Gasteiger partial charge is 0.469 e. The predicted octanol–water partition coefficient (Wildman–Crippen LogP) is 0.0595. The summed E-state index contributed by atoms with van der Waals surface area (Å²) in [6, 6.07) is 0. The summed E-state index contributed by atoms with van der Waals surface area (Å²) in [6.07, 6.45) is 0.980. The van der Waals surface area contributed by atoms with E-state index in [1.165, 1.54) is 7.11 Å². The molecule has 0 bridgehead atoms. The lowest BCUT2D eigenvalue weighted by Crippen LogP contribution is -2.48. The number of likely N-dealkylation sites (N-methyl/N-ethyl adjacent to an activating group) is 1. The van der Waals surface area contributed by atoms with Gasteiger partial charge in [0.25, 0.3) is 0 Å². The maximum atomic E-state index is 11.9. The molecule has 0 aliphatic carbocycles. The molecule has 0 radical (unpaired) electrons. The van der Waals surface area contributed by atoms with Crippen molar-refractivity contribution in [2.24, 2.45) is 11.8 Å². The number of hydrogen-bond acceptors (Lipinski definition) is 5. The van der Waals surface area contributed by atoms with Crippen molar-refractivity contribution in [3.05, 3.63) is 0 Å². The molecule has 5 nitrogen and oxygen atoms in total. The minimum Gasteiger partial charge on any atom is -0.469 e. The van der Waals surface area contributed by atoms with Crippen molar-refractivity contribution < 1.29 is 14.3 Å². The Morgan fingerprint density at radius 1 is 1.39 bits per heavy atom. The molecule has 2 saturated heterocycles. The first-order valence-corrected chi connectivity index (χ1v) is 6.77. The molecule has 0 saturated carbocycles. The van der Waals surface area contributed by atoms with Crippen LogP contribution in [0.1, 0.15) is 6.42 Å². The van der Waals surface area contributed by atoms with Crippen LogP contribution in [-0.2, 0) is 14.3 Å². The number of carbonyl (C=O) groups excluding carboxylic acids is 1. The van der Waals surface area contributed by atoms with Crippen molar-refractivity contribution in [3.8, 4) is 0 Å². The smallest absolute Gasteiger partial charge is 0.310 e. The molecular weight excluding hydrogens is 232 g/mol. The monoisotopic (exact) mass is 256 g/mol. The maximum absolute atomic E-state index is 11.9. The van der Waals surface area contributed by atoms with Crippen LogP contribution in [-0.4, -0.2) is 75.9 Å². The van der Waals surface area contributed by atoms with Gasteiger partial charge in [0, 0.05) is 39.3 Å². The summed E-state index contributed by atoms with van der Waals surface area (Å²) < 4.78 is 10.4. The lowest BCUT2D eigenvalue weighted by atomic mass is 9.91. The average molecular weight is 256 g/mol. The highest BCUT2D eigenvalue weighted by atomic mass is 16.5. The number of esters is 1. The van der Waals surface area contributed by atoms with E-state index in [0.29, 0.717) is 12.5 Å². The number of hydrogen-bond donors (Lipinski definition) is 0. The summed E-state index contributed by atoms with van der Waals surface area (Å²) in [4.78, 5) is 16.6. The van der Waals surface area contributed by atoms with Gasteiger partial charge in [-0.25, -0.2) is 0 Å². The molecule has 2 aliphatic rings. The molecule has 18 heavy (non-hydrogen) atoms. The Hall–Kier alpha value is -0.650. The minimum atomic E-state index is -0.0792. The van der Waals surface area contributed by atoms with Gasteiger partial charge in [0.05, 0.1) is 19.6 Å². The molecular formula is C13H24N2O3. The standard InChI is InChI=1S/C13H24N2O3/c1-14-4-6-15(7-5-14)9-12(13(16)17-2)11-3-8-18-10-11/h11-12H,3-10H2,1-2H3. The van der Waals surface area contributed by atoms with Gasteiger partial charge >= 0.3 is 5.97 Å². The summed E-state index contributed by atoms with van der Waals surface area (Å²) in [5, 5.41) is 0. The van der Waals surface area contributed by atoms with Gasteiger partial charge in [0.2, 0.25) is 0 Å². The van der Waals surface area contributed by atoms with E-state index in [1.54, 1.807) is 0 Å². The SMILES string of the molecule is COC(=O)C(CN1CCN(C)CC1)C1CCOC1. The number of ether oxygens (including phenoxy) is 2. The first-order chi connectivity index (χ1) is 8.70. The third kappa shape index (κ3) is 3.43. The fraction of sp³-hybridized carbons (Fsp3) is 0.923. The molecule has 5 heteroatoms. The van der Waals surface area contributed by atoms with E-state index < -0.39 is 0 Å². The van der Waals surface area contributed by atoms with Crippen LogP contribution in [0, 0.1) is 11.8 Å². The Kier molecular flexibility index (Phi) is 4.97. The zero-order chi connectivity index (χ0) is 13.0. The maximum Gasteiger partial charge on any atom is 0.310 e. The van der Waals surface area contributed by atoms with Crippen molar-refractivity contribution in [1.82, 2.24) is 9.80 Å². The van der Waals surface area contributed by atoms with Gasteiger partial charge in [0.15, 0.2) is 0 Å². The molecule has 0 N–H and O–H groups in total. The third-order valence-electron chi connectivity index (χ3n) is 4.09. The van der Waals surface area contributed by atoms with E-state index in [1.807, 2.05) is 0 Å². The van der Waals surface area contributed by atoms with Crippen molar-refractivity contribution in [2.45, 2.75) is 6.42 Å². The number of rotatable bonds is 4. The molecule has 0 aromatic heterocycles. The highest BCUT2D eigenvalue weighted by Crippen LogP contribution is 2.24. The van der Waals surface area contributed by atoms with Gasteiger partial charge in [-0.1, -0.05) is 0 Å². The van der Waals surface area contributed by atoms with Crippen LogP contribution < -0.4 is 0 Å². The van der Waals surface area contributed by atoms with E-state index in [9.17, 15) is 4.79 Å².